The highest BCUT2D eigenvalue weighted by atomic mass is 32.2. The first-order valence-corrected chi connectivity index (χ1v) is 8.23. The van der Waals surface area contributed by atoms with Crippen molar-refractivity contribution in [3.8, 4) is 0 Å². The molecular weight excluding hydrogens is 334 g/mol. The summed E-state index contributed by atoms with van der Waals surface area (Å²) in [4.78, 5) is 20.8. The molecule has 0 saturated heterocycles. The van der Waals surface area contributed by atoms with Crippen LogP contribution in [-0.2, 0) is 10.0 Å². The molecule has 0 spiro atoms. The van der Waals surface area contributed by atoms with E-state index in [9.17, 15) is 18.0 Å². The Bertz CT molecular complexity index is 874. The molecule has 0 unspecified atom stereocenters. The maximum atomic E-state index is 11.0. The normalized spacial score (nSPS) is 10.5. The molecule has 0 aliphatic rings. The smallest absolute Gasteiger partial charge is 0.335 e. The fourth-order valence-corrected chi connectivity index (χ4v) is 2.65. The van der Waals surface area contributed by atoms with E-state index in [2.05, 4.69) is 0 Å². The van der Waals surface area contributed by atoms with Crippen molar-refractivity contribution < 1.29 is 28.2 Å². The van der Waals surface area contributed by atoms with E-state index in [0.29, 0.717) is 11.1 Å². The number of rotatable bonds is 3. The molecule has 2 rings (SSSR count). The molecule has 0 atom stereocenters. The maximum Gasteiger partial charge on any atom is 0.335 e. The van der Waals surface area contributed by atoms with E-state index in [4.69, 9.17) is 15.4 Å². The molecule has 2 aromatic rings. The van der Waals surface area contributed by atoms with Crippen LogP contribution in [0, 0.1) is 13.8 Å². The Morgan fingerprint density at radius 1 is 0.917 bits per heavy atom. The number of primary sulfonamides is 1. The second kappa shape index (κ2) is 7.71. The number of aryl methyl sites for hydroxylation is 2. The Balaban J connectivity index is 0.000000254. The fraction of sp³-hybridized carbons (Fsp3) is 0.125. The maximum absolute atomic E-state index is 11.0. The minimum Gasteiger partial charge on any atom is -0.478 e. The molecule has 24 heavy (non-hydrogen) atoms. The predicted octanol–water partition coefficient (Wildman–Crippen LogP) is 2.03. The zero-order valence-corrected chi connectivity index (χ0v) is 13.9. The third-order valence-corrected chi connectivity index (χ3v) is 4.06. The van der Waals surface area contributed by atoms with Gasteiger partial charge in [0.15, 0.2) is 0 Å². The molecule has 0 saturated carbocycles. The van der Waals surface area contributed by atoms with Gasteiger partial charge < -0.3 is 10.2 Å². The first-order valence-electron chi connectivity index (χ1n) is 6.69. The third kappa shape index (κ3) is 5.49. The highest BCUT2D eigenvalue weighted by molar-refractivity contribution is 7.89. The third-order valence-electron chi connectivity index (χ3n) is 2.99. The summed E-state index contributed by atoms with van der Waals surface area (Å²) in [6, 6.07) is 10.5. The van der Waals surface area contributed by atoms with Gasteiger partial charge >= 0.3 is 11.9 Å². The van der Waals surface area contributed by atoms with Gasteiger partial charge in [-0.25, -0.2) is 23.1 Å². The van der Waals surface area contributed by atoms with Crippen molar-refractivity contribution in [2.75, 3.05) is 0 Å². The number of carboxylic acids is 2. The molecule has 2 aromatic carbocycles. The number of carboxylic acid groups (broad SMARTS) is 2. The van der Waals surface area contributed by atoms with E-state index < -0.39 is 22.0 Å². The molecule has 7 nitrogen and oxygen atoms in total. The molecule has 0 aromatic heterocycles. The van der Waals surface area contributed by atoms with Crippen LogP contribution >= 0.6 is 0 Å². The van der Waals surface area contributed by atoms with Crippen molar-refractivity contribution in [1.82, 2.24) is 0 Å². The minimum absolute atomic E-state index is 0.0369. The number of sulfonamides is 1. The summed E-state index contributed by atoms with van der Waals surface area (Å²) < 4.78 is 21.9. The van der Waals surface area contributed by atoms with Crippen LogP contribution < -0.4 is 5.14 Å². The Labute approximate surface area is 139 Å². The van der Waals surface area contributed by atoms with Gasteiger partial charge in [-0.2, -0.15) is 0 Å². The van der Waals surface area contributed by atoms with E-state index in [1.165, 1.54) is 25.1 Å². The van der Waals surface area contributed by atoms with Gasteiger partial charge in [0.05, 0.1) is 16.0 Å². The molecule has 4 N–H and O–H groups in total. The lowest BCUT2D eigenvalue weighted by atomic mass is 10.1. The monoisotopic (exact) mass is 351 g/mol. The zero-order valence-electron chi connectivity index (χ0n) is 13.1. The predicted molar refractivity (Wildman–Crippen MR) is 87.6 cm³/mol. The van der Waals surface area contributed by atoms with E-state index in [-0.39, 0.29) is 10.5 Å². The highest BCUT2D eigenvalue weighted by Gasteiger charge is 2.13. The Hall–Kier alpha value is -2.71. The lowest BCUT2D eigenvalue weighted by Gasteiger charge is -2.03. The molecule has 128 valence electrons. The molecule has 0 radical (unpaired) electrons. The summed E-state index contributed by atoms with van der Waals surface area (Å²) in [6.45, 7) is 3.36. The van der Waals surface area contributed by atoms with Crippen LogP contribution in [0.2, 0.25) is 0 Å². The molecular formula is C16H17NO6S. The largest absolute Gasteiger partial charge is 0.478 e. The van der Waals surface area contributed by atoms with Gasteiger partial charge in [-0.05, 0) is 49.7 Å². The van der Waals surface area contributed by atoms with E-state index in [1.807, 2.05) is 13.0 Å². The van der Waals surface area contributed by atoms with E-state index >= 15 is 0 Å². The average molecular weight is 351 g/mol. The van der Waals surface area contributed by atoms with Gasteiger partial charge in [0.2, 0.25) is 10.0 Å². The number of aromatic carboxylic acids is 2. The van der Waals surface area contributed by atoms with Crippen LogP contribution in [0.4, 0.5) is 0 Å². The Kier molecular flexibility index (Phi) is 6.21. The zero-order chi connectivity index (χ0) is 18.5. The number of benzene rings is 2. The second-order valence-corrected chi connectivity index (χ2v) is 6.53. The number of carbonyl (C=O) groups is 2. The topological polar surface area (TPSA) is 135 Å². The first kappa shape index (κ1) is 19.3. The summed E-state index contributed by atoms with van der Waals surface area (Å²) in [5.74, 6) is -1.97. The Morgan fingerprint density at radius 2 is 1.46 bits per heavy atom. The van der Waals surface area contributed by atoms with Crippen molar-refractivity contribution in [3.63, 3.8) is 0 Å². The summed E-state index contributed by atoms with van der Waals surface area (Å²) >= 11 is 0. The Morgan fingerprint density at radius 3 is 1.83 bits per heavy atom. The molecule has 0 amide bonds. The van der Waals surface area contributed by atoms with Crippen LogP contribution in [0.1, 0.15) is 31.8 Å². The second-order valence-electron chi connectivity index (χ2n) is 5.01. The van der Waals surface area contributed by atoms with Crippen LogP contribution in [0.25, 0.3) is 0 Å². The fourth-order valence-electron chi connectivity index (χ4n) is 1.88. The summed E-state index contributed by atoms with van der Waals surface area (Å²) in [7, 11) is -3.77. The standard InChI is InChI=1S/C8H9NO4S.C8H8O2/c1-5-4-6(8(10)11)2-3-7(5)14(9,12)13;1-6-3-2-4-7(5-6)8(9)10/h2-4H,1H3,(H,10,11)(H2,9,12,13);2-5H,1H3,(H,9,10). The van der Waals surface area contributed by atoms with Crippen LogP contribution in [0.15, 0.2) is 47.4 Å². The minimum atomic E-state index is -3.77. The van der Waals surface area contributed by atoms with Crippen LogP contribution in [0.5, 0.6) is 0 Å². The van der Waals surface area contributed by atoms with Gasteiger partial charge in [-0.1, -0.05) is 17.7 Å². The first-order chi connectivity index (χ1) is 11.0. The molecule has 0 heterocycles. The highest BCUT2D eigenvalue weighted by Crippen LogP contribution is 2.15. The van der Waals surface area contributed by atoms with Crippen molar-refractivity contribution in [1.29, 1.82) is 0 Å². The van der Waals surface area contributed by atoms with Crippen molar-refractivity contribution in [2.45, 2.75) is 18.7 Å². The molecule has 0 aliphatic heterocycles. The van der Waals surface area contributed by atoms with E-state index in [1.54, 1.807) is 18.2 Å². The van der Waals surface area contributed by atoms with Crippen LogP contribution in [-0.4, -0.2) is 30.6 Å². The summed E-state index contributed by atoms with van der Waals surface area (Å²) in [6.07, 6.45) is 0. The summed E-state index contributed by atoms with van der Waals surface area (Å²) in [5, 5.41) is 22.0. The van der Waals surface area contributed by atoms with Gasteiger partial charge in [-0.15, -0.1) is 0 Å². The lowest BCUT2D eigenvalue weighted by Crippen LogP contribution is -2.14. The number of hydrogen-bond acceptors (Lipinski definition) is 4. The summed E-state index contributed by atoms with van der Waals surface area (Å²) in [5.41, 5.74) is 1.68. The quantitative estimate of drug-likeness (QED) is 0.774. The lowest BCUT2D eigenvalue weighted by molar-refractivity contribution is 0.0686. The van der Waals surface area contributed by atoms with Crippen molar-refractivity contribution >= 4 is 22.0 Å². The molecule has 0 bridgehead atoms. The van der Waals surface area contributed by atoms with Gasteiger partial charge in [0.1, 0.15) is 0 Å². The van der Waals surface area contributed by atoms with Gasteiger partial charge in [-0.3, -0.25) is 0 Å². The SMILES string of the molecule is Cc1cc(C(=O)O)ccc1S(N)(=O)=O.Cc1cccc(C(=O)O)c1. The average Bonchev–Trinajstić information content (AvgIpc) is 2.46. The molecule has 0 aliphatic carbocycles. The van der Waals surface area contributed by atoms with Gasteiger partial charge in [0.25, 0.3) is 0 Å². The molecule has 0 fully saturated rings. The van der Waals surface area contributed by atoms with Crippen molar-refractivity contribution in [2.24, 2.45) is 5.14 Å². The number of hydrogen-bond donors (Lipinski definition) is 3. The molecule has 8 heteroatoms. The van der Waals surface area contributed by atoms with Crippen LogP contribution in [0.3, 0.4) is 0 Å². The van der Waals surface area contributed by atoms with Crippen molar-refractivity contribution in [3.05, 3.63) is 64.7 Å². The van der Waals surface area contributed by atoms with E-state index in [0.717, 1.165) is 5.56 Å². The van der Waals surface area contributed by atoms with Gasteiger partial charge in [0, 0.05) is 0 Å². The number of nitrogens with two attached hydrogens (primary N) is 1.